The van der Waals surface area contributed by atoms with Gasteiger partial charge in [-0.1, -0.05) is 74.0 Å². The van der Waals surface area contributed by atoms with Crippen molar-refractivity contribution >= 4 is 43.0 Å². The van der Waals surface area contributed by atoms with Crippen LogP contribution in [0.15, 0.2) is 106 Å². The highest BCUT2D eigenvalue weighted by Crippen LogP contribution is 2.24. The van der Waals surface area contributed by atoms with E-state index in [9.17, 15) is 21.6 Å². The minimum atomic E-state index is -4.17. The topological polar surface area (TPSA) is 131 Å². The molecule has 0 saturated carbocycles. The Morgan fingerprint density at radius 2 is 1.45 bits per heavy atom. The molecule has 208 valence electrons. The molecular formula is C29H29N3O6S2. The largest absolute Gasteiger partial charge is 0.378 e. The molecule has 0 aliphatic carbocycles. The van der Waals surface area contributed by atoms with E-state index >= 15 is 0 Å². The van der Waals surface area contributed by atoms with Crippen molar-refractivity contribution < 1.29 is 25.8 Å². The molecule has 0 radical (unpaired) electrons. The Balaban J connectivity index is 1.48. The molecule has 0 unspecified atom stereocenters. The van der Waals surface area contributed by atoms with E-state index < -0.39 is 38.0 Å². The van der Waals surface area contributed by atoms with Crippen molar-refractivity contribution in [2.45, 2.75) is 36.6 Å². The van der Waals surface area contributed by atoms with Crippen LogP contribution in [0, 0.1) is 12.8 Å². The summed E-state index contributed by atoms with van der Waals surface area (Å²) in [7, 11) is -8.13. The van der Waals surface area contributed by atoms with E-state index in [0.717, 1.165) is 16.3 Å². The lowest BCUT2D eigenvalue weighted by Crippen LogP contribution is -2.48. The van der Waals surface area contributed by atoms with Gasteiger partial charge in [0.1, 0.15) is 10.9 Å². The maximum Gasteiger partial charge on any atom is 0.339 e. The van der Waals surface area contributed by atoms with Crippen LogP contribution in [-0.4, -0.2) is 35.0 Å². The van der Waals surface area contributed by atoms with Crippen molar-refractivity contribution in [2.24, 2.45) is 11.0 Å². The number of hydrazone groups is 1. The lowest BCUT2D eigenvalue weighted by molar-refractivity contribution is -0.123. The third kappa shape index (κ3) is 6.92. The van der Waals surface area contributed by atoms with Crippen LogP contribution in [0.3, 0.4) is 0 Å². The van der Waals surface area contributed by atoms with Crippen LogP contribution in [0.25, 0.3) is 10.8 Å². The summed E-state index contributed by atoms with van der Waals surface area (Å²) >= 11 is 0. The van der Waals surface area contributed by atoms with E-state index in [1.165, 1.54) is 36.5 Å². The summed E-state index contributed by atoms with van der Waals surface area (Å²) in [6, 6.07) is 23.5. The maximum absolute atomic E-state index is 13.0. The van der Waals surface area contributed by atoms with E-state index in [4.69, 9.17) is 4.18 Å². The Labute approximate surface area is 234 Å². The van der Waals surface area contributed by atoms with Gasteiger partial charge in [-0.05, 0) is 60.0 Å². The number of hydrogen-bond acceptors (Lipinski definition) is 7. The number of carbonyl (C=O) groups excluding carboxylic acids is 1. The zero-order valence-electron chi connectivity index (χ0n) is 22.1. The predicted molar refractivity (Wildman–Crippen MR) is 154 cm³/mol. The summed E-state index contributed by atoms with van der Waals surface area (Å²) < 4.78 is 59.5. The molecule has 1 amide bonds. The van der Waals surface area contributed by atoms with E-state index in [2.05, 4.69) is 15.2 Å². The van der Waals surface area contributed by atoms with Crippen LogP contribution in [0.5, 0.6) is 5.75 Å². The molecule has 0 aromatic heterocycles. The van der Waals surface area contributed by atoms with Crippen molar-refractivity contribution in [1.82, 2.24) is 10.1 Å². The summed E-state index contributed by atoms with van der Waals surface area (Å²) in [4.78, 5) is 12.9. The Morgan fingerprint density at radius 1 is 0.825 bits per heavy atom. The fourth-order valence-electron chi connectivity index (χ4n) is 3.83. The highest BCUT2D eigenvalue weighted by molar-refractivity contribution is 7.89. The molecule has 0 aliphatic rings. The van der Waals surface area contributed by atoms with Crippen LogP contribution in [0.2, 0.25) is 0 Å². The van der Waals surface area contributed by atoms with Gasteiger partial charge >= 0.3 is 10.1 Å². The number of benzene rings is 4. The van der Waals surface area contributed by atoms with E-state index in [-0.39, 0.29) is 21.1 Å². The van der Waals surface area contributed by atoms with Crippen molar-refractivity contribution in [2.75, 3.05) is 0 Å². The Kier molecular flexibility index (Phi) is 8.67. The molecule has 4 aromatic carbocycles. The number of amides is 1. The second kappa shape index (κ2) is 12.0. The smallest absolute Gasteiger partial charge is 0.339 e. The van der Waals surface area contributed by atoms with Gasteiger partial charge < -0.3 is 4.18 Å². The van der Waals surface area contributed by atoms with E-state index in [0.29, 0.717) is 0 Å². The number of nitrogens with zero attached hydrogens (tertiary/aromatic N) is 1. The van der Waals surface area contributed by atoms with Gasteiger partial charge in [-0.25, -0.2) is 13.8 Å². The number of rotatable bonds is 10. The minimum Gasteiger partial charge on any atom is -0.378 e. The summed E-state index contributed by atoms with van der Waals surface area (Å²) in [5.41, 5.74) is 3.53. The molecule has 0 spiro atoms. The molecule has 0 fully saturated rings. The van der Waals surface area contributed by atoms with Crippen LogP contribution in [0.4, 0.5) is 0 Å². The minimum absolute atomic E-state index is 0.00752. The number of aryl methyl sites for hydroxylation is 1. The quantitative estimate of drug-likeness (QED) is 0.163. The zero-order valence-corrected chi connectivity index (χ0v) is 23.7. The first-order valence-electron chi connectivity index (χ1n) is 12.4. The molecule has 0 bridgehead atoms. The predicted octanol–water partition coefficient (Wildman–Crippen LogP) is 4.37. The Hall–Kier alpha value is -4.06. The molecule has 11 heteroatoms. The van der Waals surface area contributed by atoms with E-state index in [1.54, 1.807) is 50.2 Å². The van der Waals surface area contributed by atoms with Crippen LogP contribution < -0.4 is 14.3 Å². The number of sulfonamides is 1. The molecular weight excluding hydrogens is 550 g/mol. The molecule has 0 heterocycles. The maximum atomic E-state index is 13.0. The summed E-state index contributed by atoms with van der Waals surface area (Å²) in [6.45, 7) is 5.24. The molecule has 40 heavy (non-hydrogen) atoms. The monoisotopic (exact) mass is 579 g/mol. The van der Waals surface area contributed by atoms with Gasteiger partial charge in [0.15, 0.2) is 5.75 Å². The standard InChI is InChI=1S/C29H29N3O6S2/c1-20(2)28(32-39(34,35)25-15-12-21(3)13-16-25)29(33)31-30-19-24-10-6-7-11-27(24)38-40(36,37)26-17-14-22-8-4-5-9-23(22)18-26/h4-20,28,32H,1-3H3,(H,31,33)/b30-19-/t28-/m0/s1. The molecule has 4 aromatic rings. The third-order valence-corrected chi connectivity index (χ3v) is 8.76. The lowest BCUT2D eigenvalue weighted by atomic mass is 10.1. The van der Waals surface area contributed by atoms with Gasteiger partial charge in [0.25, 0.3) is 5.91 Å². The lowest BCUT2D eigenvalue weighted by Gasteiger charge is -2.20. The molecule has 4 rings (SSSR count). The summed E-state index contributed by atoms with van der Waals surface area (Å²) in [5, 5.41) is 5.58. The van der Waals surface area contributed by atoms with Gasteiger partial charge in [-0.15, -0.1) is 0 Å². The fourth-order valence-corrected chi connectivity index (χ4v) is 6.17. The Morgan fingerprint density at radius 3 is 2.15 bits per heavy atom. The SMILES string of the molecule is Cc1ccc(S(=O)(=O)N[C@H](C(=O)N/N=C\c2ccccc2OS(=O)(=O)c2ccc3ccccc3c2)C(C)C)cc1. The zero-order chi connectivity index (χ0) is 28.9. The third-order valence-electron chi connectivity index (χ3n) is 6.07. The first-order valence-corrected chi connectivity index (χ1v) is 15.3. The number of nitrogens with one attached hydrogen (secondary N) is 2. The van der Waals surface area contributed by atoms with Crippen molar-refractivity contribution in [3.8, 4) is 5.75 Å². The number of fused-ring (bicyclic) bond motifs is 1. The van der Waals surface area contributed by atoms with Gasteiger partial charge in [0.2, 0.25) is 10.0 Å². The number of para-hydroxylation sites is 1. The number of carbonyl (C=O) groups is 1. The first kappa shape index (κ1) is 28.9. The highest BCUT2D eigenvalue weighted by Gasteiger charge is 2.28. The summed E-state index contributed by atoms with van der Waals surface area (Å²) in [5.74, 6) is -1.06. The average Bonchev–Trinajstić information content (AvgIpc) is 2.92. The fraction of sp³-hybridized carbons (Fsp3) is 0.172. The van der Waals surface area contributed by atoms with Crippen LogP contribution in [0.1, 0.15) is 25.0 Å². The molecule has 0 saturated heterocycles. The van der Waals surface area contributed by atoms with Gasteiger partial charge in [0, 0.05) is 5.56 Å². The number of hydrogen-bond donors (Lipinski definition) is 2. The van der Waals surface area contributed by atoms with Crippen LogP contribution >= 0.6 is 0 Å². The average molecular weight is 580 g/mol. The molecule has 0 aliphatic heterocycles. The highest BCUT2D eigenvalue weighted by atomic mass is 32.2. The molecule has 2 N–H and O–H groups in total. The Bertz CT molecular complexity index is 1770. The van der Waals surface area contributed by atoms with Crippen molar-refractivity contribution in [1.29, 1.82) is 0 Å². The van der Waals surface area contributed by atoms with Crippen LogP contribution in [-0.2, 0) is 24.9 Å². The summed E-state index contributed by atoms with van der Waals surface area (Å²) in [6.07, 6.45) is 1.23. The van der Waals surface area contributed by atoms with Gasteiger partial charge in [-0.2, -0.15) is 18.2 Å². The van der Waals surface area contributed by atoms with Crippen molar-refractivity contribution in [3.05, 3.63) is 102 Å². The van der Waals surface area contributed by atoms with Gasteiger partial charge in [0.05, 0.1) is 11.1 Å². The van der Waals surface area contributed by atoms with Gasteiger partial charge in [-0.3, -0.25) is 4.79 Å². The molecule has 9 nitrogen and oxygen atoms in total. The first-order chi connectivity index (χ1) is 19.0. The normalized spacial score (nSPS) is 13.0. The second-order valence-electron chi connectivity index (χ2n) is 9.47. The second-order valence-corrected chi connectivity index (χ2v) is 12.7. The van der Waals surface area contributed by atoms with Crippen molar-refractivity contribution in [3.63, 3.8) is 0 Å². The van der Waals surface area contributed by atoms with E-state index in [1.807, 2.05) is 31.2 Å². The molecule has 1 atom stereocenters.